The van der Waals surface area contributed by atoms with Gasteiger partial charge in [-0.25, -0.2) is 0 Å². The SMILES string of the molecule is CC(C)(O)C(C)(C)O.NC(CCCBr)B(O)O. The van der Waals surface area contributed by atoms with Gasteiger partial charge in [-0.15, -0.1) is 0 Å². The molecule has 0 saturated carbocycles. The van der Waals surface area contributed by atoms with Crippen molar-refractivity contribution in [3.63, 3.8) is 0 Å². The van der Waals surface area contributed by atoms with Crippen molar-refractivity contribution in [3.8, 4) is 0 Å². The molecule has 0 aliphatic heterocycles. The Balaban J connectivity index is 0. The quantitative estimate of drug-likeness (QED) is 0.363. The van der Waals surface area contributed by atoms with Crippen molar-refractivity contribution in [3.05, 3.63) is 0 Å². The number of nitrogens with two attached hydrogens (primary N) is 1. The van der Waals surface area contributed by atoms with Gasteiger partial charge in [0.25, 0.3) is 0 Å². The first-order valence-electron chi connectivity index (χ1n) is 5.56. The Morgan fingerprint density at radius 1 is 1.12 bits per heavy atom. The van der Waals surface area contributed by atoms with Gasteiger partial charge in [0.15, 0.2) is 0 Å². The van der Waals surface area contributed by atoms with Crippen LogP contribution in [0.5, 0.6) is 0 Å². The molecule has 0 aromatic carbocycles. The van der Waals surface area contributed by atoms with Gasteiger partial charge in [0.2, 0.25) is 0 Å². The Kier molecular flexibility index (Phi) is 9.78. The predicted octanol–water partition coefficient (Wildman–Crippen LogP) is 0.0290. The van der Waals surface area contributed by atoms with Gasteiger partial charge in [-0.05, 0) is 40.5 Å². The van der Waals surface area contributed by atoms with E-state index in [0.717, 1.165) is 11.8 Å². The summed E-state index contributed by atoms with van der Waals surface area (Å²) in [6.07, 6.45) is 1.52. The maximum atomic E-state index is 9.10. The van der Waals surface area contributed by atoms with E-state index in [9.17, 15) is 0 Å². The van der Waals surface area contributed by atoms with Gasteiger partial charge in [-0.3, -0.25) is 0 Å². The highest BCUT2D eigenvalue weighted by atomic mass is 79.9. The number of halogens is 1. The van der Waals surface area contributed by atoms with Crippen LogP contribution in [0.1, 0.15) is 40.5 Å². The number of alkyl halides is 1. The molecule has 104 valence electrons. The fourth-order valence-corrected chi connectivity index (χ4v) is 0.786. The minimum Gasteiger partial charge on any atom is -0.426 e. The second-order valence-corrected chi connectivity index (χ2v) is 5.82. The molecule has 0 heterocycles. The zero-order chi connectivity index (χ0) is 14.3. The van der Waals surface area contributed by atoms with Crippen molar-refractivity contribution in [1.29, 1.82) is 0 Å². The normalized spacial score (nSPS) is 13.8. The van der Waals surface area contributed by atoms with E-state index < -0.39 is 24.3 Å². The van der Waals surface area contributed by atoms with Gasteiger partial charge in [-0.2, -0.15) is 0 Å². The molecule has 5 nitrogen and oxygen atoms in total. The molecule has 0 bridgehead atoms. The highest BCUT2D eigenvalue weighted by Gasteiger charge is 2.31. The lowest BCUT2D eigenvalue weighted by atomic mass is 9.78. The number of hydrogen-bond acceptors (Lipinski definition) is 5. The Morgan fingerprint density at radius 2 is 1.47 bits per heavy atom. The molecule has 17 heavy (non-hydrogen) atoms. The van der Waals surface area contributed by atoms with E-state index >= 15 is 0 Å². The summed E-state index contributed by atoms with van der Waals surface area (Å²) in [5, 5.41) is 36.0. The number of hydrogen-bond donors (Lipinski definition) is 5. The van der Waals surface area contributed by atoms with Gasteiger partial charge < -0.3 is 26.0 Å². The third kappa shape index (κ3) is 11.2. The van der Waals surface area contributed by atoms with Gasteiger partial charge in [0.05, 0.1) is 11.2 Å². The number of aliphatic hydroxyl groups is 2. The minimum absolute atomic E-state index is 0.498. The molecule has 0 rings (SSSR count). The van der Waals surface area contributed by atoms with Crippen molar-refractivity contribution in [2.45, 2.75) is 57.7 Å². The van der Waals surface area contributed by atoms with Gasteiger partial charge in [0.1, 0.15) is 0 Å². The summed E-state index contributed by atoms with van der Waals surface area (Å²) in [6.45, 7) is 6.31. The van der Waals surface area contributed by atoms with Crippen LogP contribution in [0.2, 0.25) is 0 Å². The molecule has 1 unspecified atom stereocenters. The van der Waals surface area contributed by atoms with E-state index in [1.165, 1.54) is 0 Å². The van der Waals surface area contributed by atoms with Crippen LogP contribution in [0.25, 0.3) is 0 Å². The Morgan fingerprint density at radius 3 is 1.65 bits per heavy atom. The lowest BCUT2D eigenvalue weighted by Crippen LogP contribution is -2.44. The zero-order valence-electron chi connectivity index (χ0n) is 11.0. The number of rotatable bonds is 5. The summed E-state index contributed by atoms with van der Waals surface area (Å²) in [4.78, 5) is 0. The predicted molar refractivity (Wildman–Crippen MR) is 73.8 cm³/mol. The van der Waals surface area contributed by atoms with E-state index in [-0.39, 0.29) is 0 Å². The molecular weight excluding hydrogens is 289 g/mol. The first-order valence-corrected chi connectivity index (χ1v) is 6.68. The van der Waals surface area contributed by atoms with Crippen LogP contribution in [0.4, 0.5) is 0 Å². The fraction of sp³-hybridized carbons (Fsp3) is 1.00. The van der Waals surface area contributed by atoms with Crippen molar-refractivity contribution >= 4 is 23.0 Å². The molecule has 0 amide bonds. The lowest BCUT2D eigenvalue weighted by Gasteiger charge is -2.31. The fourth-order valence-electron chi connectivity index (χ4n) is 0.462. The van der Waals surface area contributed by atoms with E-state index in [1.807, 2.05) is 0 Å². The van der Waals surface area contributed by atoms with Crippen LogP contribution in [0.15, 0.2) is 0 Å². The minimum atomic E-state index is -1.37. The summed E-state index contributed by atoms with van der Waals surface area (Å²) in [7, 11) is -1.37. The standard InChI is InChI=1S/C6H14O2.C4H11BBrNO2/c1-5(2,7)6(3,4)8;6-3-1-2-4(7)5(8)9/h7-8H,1-4H3;4,8-9H,1-3,7H2. The molecule has 7 heteroatoms. The third-order valence-corrected chi connectivity index (χ3v) is 3.11. The van der Waals surface area contributed by atoms with Crippen molar-refractivity contribution in [2.24, 2.45) is 5.73 Å². The molecule has 0 radical (unpaired) electrons. The molecule has 0 aromatic heterocycles. The maximum Gasteiger partial charge on any atom is 0.469 e. The van der Waals surface area contributed by atoms with Crippen molar-refractivity contribution < 1.29 is 20.3 Å². The molecule has 0 spiro atoms. The summed E-state index contributed by atoms with van der Waals surface area (Å²) >= 11 is 3.21. The molecule has 6 N–H and O–H groups in total. The molecule has 0 saturated heterocycles. The average Bonchev–Trinajstić information content (AvgIpc) is 2.11. The van der Waals surface area contributed by atoms with Crippen LogP contribution in [-0.2, 0) is 0 Å². The first-order chi connectivity index (χ1) is 7.43. The van der Waals surface area contributed by atoms with E-state index in [1.54, 1.807) is 27.7 Å². The van der Waals surface area contributed by atoms with E-state index in [0.29, 0.717) is 6.42 Å². The summed E-state index contributed by atoms with van der Waals surface area (Å²) < 4.78 is 0. The highest BCUT2D eigenvalue weighted by molar-refractivity contribution is 9.09. The first kappa shape index (κ1) is 19.7. The summed E-state index contributed by atoms with van der Waals surface area (Å²) in [5.74, 6) is -0.498. The largest absolute Gasteiger partial charge is 0.469 e. The summed E-state index contributed by atoms with van der Waals surface area (Å²) in [6, 6.07) is 0. The van der Waals surface area contributed by atoms with E-state index in [4.69, 9.17) is 26.0 Å². The highest BCUT2D eigenvalue weighted by Crippen LogP contribution is 2.19. The molecule has 0 fully saturated rings. The van der Waals surface area contributed by atoms with Crippen LogP contribution in [0.3, 0.4) is 0 Å². The van der Waals surface area contributed by atoms with Crippen LogP contribution in [-0.4, -0.2) is 49.9 Å². The molecule has 0 aromatic rings. The monoisotopic (exact) mass is 313 g/mol. The topological polar surface area (TPSA) is 107 Å². The maximum absolute atomic E-state index is 9.10. The Bertz CT molecular complexity index is 180. The van der Waals surface area contributed by atoms with Crippen molar-refractivity contribution in [1.82, 2.24) is 0 Å². The third-order valence-electron chi connectivity index (χ3n) is 2.55. The van der Waals surface area contributed by atoms with Crippen LogP contribution < -0.4 is 5.73 Å². The Hall–Kier alpha value is 0.345. The average molecular weight is 314 g/mol. The molecule has 1 atom stereocenters. The second-order valence-electron chi connectivity index (χ2n) is 5.03. The van der Waals surface area contributed by atoms with Gasteiger partial charge in [0, 0.05) is 11.3 Å². The van der Waals surface area contributed by atoms with Crippen LogP contribution >= 0.6 is 15.9 Å². The zero-order valence-corrected chi connectivity index (χ0v) is 12.6. The van der Waals surface area contributed by atoms with Gasteiger partial charge in [-0.1, -0.05) is 15.9 Å². The van der Waals surface area contributed by atoms with E-state index in [2.05, 4.69) is 15.9 Å². The lowest BCUT2D eigenvalue weighted by molar-refractivity contribution is -0.107. The van der Waals surface area contributed by atoms with Crippen molar-refractivity contribution in [2.75, 3.05) is 5.33 Å². The second kappa shape index (κ2) is 8.45. The molecule has 0 aliphatic rings. The molecule has 0 aliphatic carbocycles. The van der Waals surface area contributed by atoms with Gasteiger partial charge >= 0.3 is 7.12 Å². The van der Waals surface area contributed by atoms with Crippen LogP contribution in [0, 0.1) is 0 Å². The smallest absolute Gasteiger partial charge is 0.426 e. The molecular formula is C10H25BBrNO4. The summed E-state index contributed by atoms with van der Waals surface area (Å²) in [5.41, 5.74) is 3.27. The Labute approximate surface area is 112 Å².